The van der Waals surface area contributed by atoms with Gasteiger partial charge in [0.25, 0.3) is 0 Å². The highest BCUT2D eigenvalue weighted by Crippen LogP contribution is 2.46. The first kappa shape index (κ1) is 18.9. The molecule has 3 rings (SSSR count). The Morgan fingerprint density at radius 2 is 1.72 bits per heavy atom. The Balaban J connectivity index is 1.54. The summed E-state index contributed by atoms with van der Waals surface area (Å²) in [6.45, 7) is 0. The fraction of sp³-hybridized carbons (Fsp3) is 0.842. The van der Waals surface area contributed by atoms with Crippen LogP contribution in [0.1, 0.15) is 64.2 Å². The van der Waals surface area contributed by atoms with Gasteiger partial charge in [0.15, 0.2) is 9.84 Å². The number of sulfone groups is 1. The summed E-state index contributed by atoms with van der Waals surface area (Å²) < 4.78 is 31.6. The molecule has 0 aromatic heterocycles. The monoisotopic (exact) mass is 370 g/mol. The highest BCUT2D eigenvalue weighted by atomic mass is 32.2. The topological polar surface area (TPSA) is 80.7 Å². The predicted molar refractivity (Wildman–Crippen MR) is 96.2 cm³/mol. The number of unbranched alkanes of at least 4 members (excludes halogenated alkanes) is 1. The van der Waals surface area contributed by atoms with Gasteiger partial charge < -0.3 is 9.84 Å². The number of fused-ring (bicyclic) bond motifs is 2. The van der Waals surface area contributed by atoms with Crippen molar-refractivity contribution in [1.82, 2.24) is 0 Å². The van der Waals surface area contributed by atoms with Crippen LogP contribution in [0.5, 0.6) is 0 Å². The molecule has 2 saturated heterocycles. The van der Waals surface area contributed by atoms with Gasteiger partial charge in [0.05, 0.1) is 23.2 Å². The largest absolute Gasteiger partial charge is 0.481 e. The normalized spacial score (nSPS) is 32.8. The van der Waals surface area contributed by atoms with Gasteiger partial charge in [0, 0.05) is 12.3 Å². The van der Waals surface area contributed by atoms with Crippen molar-refractivity contribution in [2.75, 3.05) is 5.75 Å². The lowest BCUT2D eigenvalue weighted by atomic mass is 9.78. The number of ether oxygens (including phenoxy) is 1. The van der Waals surface area contributed by atoms with Gasteiger partial charge in [-0.25, -0.2) is 8.42 Å². The van der Waals surface area contributed by atoms with Crippen LogP contribution in [0.4, 0.5) is 0 Å². The van der Waals surface area contributed by atoms with Crippen molar-refractivity contribution in [1.29, 1.82) is 0 Å². The predicted octanol–water partition coefficient (Wildman–Crippen LogP) is 3.34. The van der Waals surface area contributed by atoms with Gasteiger partial charge >= 0.3 is 5.97 Å². The van der Waals surface area contributed by atoms with Crippen LogP contribution < -0.4 is 0 Å². The first-order chi connectivity index (χ1) is 12.0. The van der Waals surface area contributed by atoms with Crippen LogP contribution in [0.3, 0.4) is 0 Å². The van der Waals surface area contributed by atoms with Crippen molar-refractivity contribution in [3.8, 4) is 0 Å². The molecule has 0 aromatic rings. The third-order valence-corrected chi connectivity index (χ3v) is 8.50. The molecule has 1 N–H and O–H groups in total. The van der Waals surface area contributed by atoms with E-state index in [-0.39, 0.29) is 35.5 Å². The molecule has 142 valence electrons. The second-order valence-electron chi connectivity index (χ2n) is 7.85. The van der Waals surface area contributed by atoms with E-state index < -0.39 is 15.8 Å². The number of allylic oxidation sites excluding steroid dienone is 2. The second kappa shape index (κ2) is 8.21. The highest BCUT2D eigenvalue weighted by molar-refractivity contribution is 7.92. The lowest BCUT2D eigenvalue weighted by molar-refractivity contribution is -0.137. The highest BCUT2D eigenvalue weighted by Gasteiger charge is 2.50. The van der Waals surface area contributed by atoms with E-state index in [0.29, 0.717) is 12.3 Å². The molecule has 4 atom stereocenters. The van der Waals surface area contributed by atoms with E-state index in [0.717, 1.165) is 51.4 Å². The maximum absolute atomic E-state index is 12.8. The zero-order valence-electron chi connectivity index (χ0n) is 14.8. The van der Waals surface area contributed by atoms with Crippen molar-refractivity contribution in [3.63, 3.8) is 0 Å². The third kappa shape index (κ3) is 4.64. The summed E-state index contributed by atoms with van der Waals surface area (Å²) in [5.74, 6) is -0.0400. The molecule has 2 bridgehead atoms. The van der Waals surface area contributed by atoms with E-state index in [9.17, 15) is 13.2 Å². The van der Waals surface area contributed by atoms with Crippen LogP contribution in [0, 0.1) is 11.8 Å². The fourth-order valence-electron chi connectivity index (χ4n) is 4.82. The first-order valence-corrected chi connectivity index (χ1v) is 11.4. The maximum Gasteiger partial charge on any atom is 0.303 e. The Morgan fingerprint density at radius 3 is 2.40 bits per heavy atom. The molecule has 0 radical (unpaired) electrons. The van der Waals surface area contributed by atoms with Crippen LogP contribution in [0.25, 0.3) is 0 Å². The molecule has 0 aromatic carbocycles. The Bertz CT molecular complexity index is 591. The van der Waals surface area contributed by atoms with Gasteiger partial charge in [0.2, 0.25) is 0 Å². The molecule has 0 spiro atoms. The second-order valence-corrected chi connectivity index (χ2v) is 10.2. The molecule has 3 fully saturated rings. The average Bonchev–Trinajstić information content (AvgIpc) is 3.28. The number of aliphatic carboxylic acids is 1. The molecule has 0 unspecified atom stereocenters. The molecule has 2 heterocycles. The van der Waals surface area contributed by atoms with Crippen LogP contribution in [-0.4, -0.2) is 42.7 Å². The van der Waals surface area contributed by atoms with E-state index in [4.69, 9.17) is 9.84 Å². The third-order valence-electron chi connectivity index (χ3n) is 6.16. The van der Waals surface area contributed by atoms with Crippen molar-refractivity contribution in [2.45, 2.75) is 81.7 Å². The van der Waals surface area contributed by atoms with Crippen molar-refractivity contribution < 1.29 is 23.1 Å². The lowest BCUT2D eigenvalue weighted by Crippen LogP contribution is -2.35. The van der Waals surface area contributed by atoms with Crippen molar-refractivity contribution in [2.24, 2.45) is 11.8 Å². The summed E-state index contributed by atoms with van der Waals surface area (Å²) in [4.78, 5) is 10.5. The first-order valence-electron chi connectivity index (χ1n) is 9.71. The van der Waals surface area contributed by atoms with Crippen LogP contribution >= 0.6 is 0 Å². The minimum atomic E-state index is -3.02. The van der Waals surface area contributed by atoms with E-state index in [1.807, 2.05) is 6.08 Å². The van der Waals surface area contributed by atoms with Crippen molar-refractivity contribution >= 4 is 15.8 Å². The van der Waals surface area contributed by atoms with Crippen LogP contribution in [0.15, 0.2) is 12.2 Å². The summed E-state index contributed by atoms with van der Waals surface area (Å²) in [5.41, 5.74) is 0. The molecule has 25 heavy (non-hydrogen) atoms. The number of hydrogen-bond acceptors (Lipinski definition) is 4. The molecule has 6 heteroatoms. The van der Waals surface area contributed by atoms with E-state index in [1.54, 1.807) is 0 Å². The van der Waals surface area contributed by atoms with Gasteiger partial charge in [-0.05, 0) is 50.9 Å². The molecular formula is C19H30O5S. The minimum absolute atomic E-state index is 0.117. The van der Waals surface area contributed by atoms with E-state index >= 15 is 0 Å². The zero-order valence-corrected chi connectivity index (χ0v) is 15.6. The van der Waals surface area contributed by atoms with Crippen LogP contribution in [0.2, 0.25) is 0 Å². The summed E-state index contributed by atoms with van der Waals surface area (Å²) in [5, 5.41) is 8.52. The summed E-state index contributed by atoms with van der Waals surface area (Å²) in [6.07, 6.45) is 12.7. The molecule has 0 amide bonds. The quantitative estimate of drug-likeness (QED) is 0.497. The fourth-order valence-corrected chi connectivity index (χ4v) is 7.14. The zero-order chi connectivity index (χ0) is 17.9. The van der Waals surface area contributed by atoms with Gasteiger partial charge in [0.1, 0.15) is 0 Å². The van der Waals surface area contributed by atoms with Crippen LogP contribution in [-0.2, 0) is 19.4 Å². The summed E-state index contributed by atoms with van der Waals surface area (Å²) in [7, 11) is -3.02. The average molecular weight is 371 g/mol. The number of carboxylic acid groups (broad SMARTS) is 1. The Morgan fingerprint density at radius 1 is 1.04 bits per heavy atom. The maximum atomic E-state index is 12.8. The number of hydrogen-bond donors (Lipinski definition) is 1. The van der Waals surface area contributed by atoms with Gasteiger partial charge in [-0.1, -0.05) is 25.0 Å². The molecular weight excluding hydrogens is 340 g/mol. The lowest BCUT2D eigenvalue weighted by Gasteiger charge is -2.28. The molecule has 1 saturated carbocycles. The molecule has 5 nitrogen and oxygen atoms in total. The van der Waals surface area contributed by atoms with Gasteiger partial charge in [-0.3, -0.25) is 4.79 Å². The molecule has 1 aliphatic carbocycles. The standard InChI is InChI=1S/C19H30O5S/c20-19(21)10-4-2-1-3-9-15-16(18-12-11-17(15)24-18)13-25(22,23)14-7-5-6-8-14/h1,3,14-18H,2,4-13H2,(H,20,21)/t15-,16-,17-,18+/m1/s1. The summed E-state index contributed by atoms with van der Waals surface area (Å²) >= 11 is 0. The summed E-state index contributed by atoms with van der Waals surface area (Å²) in [6, 6.07) is 0. The van der Waals surface area contributed by atoms with Crippen molar-refractivity contribution in [3.05, 3.63) is 12.2 Å². The molecule has 2 aliphatic heterocycles. The Labute approximate surface area is 150 Å². The van der Waals surface area contributed by atoms with Gasteiger partial charge in [-0.15, -0.1) is 0 Å². The number of carbonyl (C=O) groups is 1. The van der Waals surface area contributed by atoms with E-state index in [2.05, 4.69) is 6.08 Å². The number of rotatable bonds is 9. The smallest absolute Gasteiger partial charge is 0.303 e. The Kier molecular flexibility index (Phi) is 6.21. The Hall–Kier alpha value is -0.880. The SMILES string of the molecule is O=C(O)CCCC=CC[C@@H]1[C@@H](CS(=O)(=O)C2CCCC2)[C@@H]2CC[C@H]1O2. The minimum Gasteiger partial charge on any atom is -0.481 e. The van der Waals surface area contributed by atoms with Gasteiger partial charge in [-0.2, -0.15) is 0 Å². The number of carboxylic acids is 1. The molecule has 3 aliphatic rings. The van der Waals surface area contributed by atoms with E-state index in [1.165, 1.54) is 0 Å².